The molecule has 1 saturated heterocycles. The van der Waals surface area contributed by atoms with E-state index in [0.29, 0.717) is 34.6 Å². The Labute approximate surface area is 145 Å². The second-order valence-corrected chi connectivity index (χ2v) is 6.44. The minimum Gasteiger partial charge on any atom is -0.497 e. The third kappa shape index (κ3) is 3.35. The first kappa shape index (κ1) is 17.7. The maximum Gasteiger partial charge on any atom is 0.257 e. The van der Waals surface area contributed by atoms with Crippen LogP contribution in [0.25, 0.3) is 11.0 Å². The zero-order valence-electron chi connectivity index (χ0n) is 14.6. The lowest BCUT2D eigenvalue weighted by Crippen LogP contribution is -2.48. The molecule has 1 amide bonds. The van der Waals surface area contributed by atoms with Gasteiger partial charge < -0.3 is 29.0 Å². The Morgan fingerprint density at radius 3 is 2.84 bits per heavy atom. The highest BCUT2D eigenvalue weighted by Gasteiger charge is 2.33. The van der Waals surface area contributed by atoms with Crippen LogP contribution in [0.4, 0.5) is 0 Å². The van der Waals surface area contributed by atoms with Crippen molar-refractivity contribution < 1.29 is 28.9 Å². The number of rotatable bonds is 4. The van der Waals surface area contributed by atoms with E-state index >= 15 is 0 Å². The van der Waals surface area contributed by atoms with Gasteiger partial charge in [0.15, 0.2) is 0 Å². The SMILES string of the molecule is COc1ccc2oc(C)c(C(=O)N(C)C[C@@H]3COC[C@@H](O)[C@H]3O)c2c1. The van der Waals surface area contributed by atoms with Gasteiger partial charge in [-0.2, -0.15) is 0 Å². The molecule has 0 spiro atoms. The summed E-state index contributed by atoms with van der Waals surface area (Å²) in [7, 11) is 3.23. The Bertz CT molecular complexity index is 770. The molecule has 1 aliphatic rings. The molecule has 0 unspecified atom stereocenters. The van der Waals surface area contributed by atoms with Gasteiger partial charge in [0.05, 0.1) is 32.0 Å². The number of methoxy groups -OCH3 is 1. The van der Waals surface area contributed by atoms with Crippen molar-refractivity contribution in [2.45, 2.75) is 19.1 Å². The lowest BCUT2D eigenvalue weighted by Gasteiger charge is -2.34. The fourth-order valence-corrected chi connectivity index (χ4v) is 3.23. The average molecular weight is 349 g/mol. The summed E-state index contributed by atoms with van der Waals surface area (Å²) in [6, 6.07) is 5.32. The second kappa shape index (κ2) is 7.03. The van der Waals surface area contributed by atoms with Gasteiger partial charge in [-0.25, -0.2) is 0 Å². The highest BCUT2D eigenvalue weighted by Crippen LogP contribution is 2.30. The number of hydrogen-bond donors (Lipinski definition) is 2. The summed E-state index contributed by atoms with van der Waals surface area (Å²) in [4.78, 5) is 14.5. The molecule has 1 aromatic carbocycles. The number of nitrogens with zero attached hydrogens (tertiary/aromatic N) is 1. The highest BCUT2D eigenvalue weighted by atomic mass is 16.5. The average Bonchev–Trinajstić information content (AvgIpc) is 2.92. The molecule has 3 atom stereocenters. The van der Waals surface area contributed by atoms with Crippen molar-refractivity contribution in [3.05, 3.63) is 29.5 Å². The van der Waals surface area contributed by atoms with E-state index < -0.39 is 12.2 Å². The summed E-state index contributed by atoms with van der Waals surface area (Å²) < 4.78 is 16.2. The van der Waals surface area contributed by atoms with Crippen LogP contribution in [0.2, 0.25) is 0 Å². The third-order valence-electron chi connectivity index (χ3n) is 4.64. The molecular formula is C18H23NO6. The Morgan fingerprint density at radius 1 is 1.36 bits per heavy atom. The van der Waals surface area contributed by atoms with Crippen molar-refractivity contribution in [3.63, 3.8) is 0 Å². The Kier molecular flexibility index (Phi) is 4.99. The Balaban J connectivity index is 1.84. The van der Waals surface area contributed by atoms with E-state index in [1.165, 1.54) is 4.90 Å². The van der Waals surface area contributed by atoms with E-state index in [9.17, 15) is 15.0 Å². The number of ether oxygens (including phenoxy) is 2. The van der Waals surface area contributed by atoms with Crippen molar-refractivity contribution in [2.75, 3.05) is 33.9 Å². The summed E-state index contributed by atoms with van der Waals surface area (Å²) in [5.74, 6) is 0.618. The summed E-state index contributed by atoms with van der Waals surface area (Å²) >= 11 is 0. The summed E-state index contributed by atoms with van der Waals surface area (Å²) in [5.41, 5.74) is 1.09. The van der Waals surface area contributed by atoms with Crippen LogP contribution in [-0.4, -0.2) is 67.1 Å². The van der Waals surface area contributed by atoms with Gasteiger partial charge in [0.25, 0.3) is 5.91 Å². The number of fused-ring (bicyclic) bond motifs is 1. The van der Waals surface area contributed by atoms with Crippen molar-refractivity contribution in [1.29, 1.82) is 0 Å². The van der Waals surface area contributed by atoms with Crippen LogP contribution in [0.15, 0.2) is 22.6 Å². The molecule has 2 aromatic rings. The number of aliphatic hydroxyl groups is 2. The summed E-state index contributed by atoms with van der Waals surface area (Å²) in [6.07, 6.45) is -1.84. The van der Waals surface area contributed by atoms with Gasteiger partial charge in [-0.3, -0.25) is 4.79 Å². The van der Waals surface area contributed by atoms with Crippen LogP contribution >= 0.6 is 0 Å². The molecule has 7 heteroatoms. The molecule has 7 nitrogen and oxygen atoms in total. The van der Waals surface area contributed by atoms with E-state index in [1.54, 1.807) is 39.3 Å². The van der Waals surface area contributed by atoms with Crippen LogP contribution in [0.1, 0.15) is 16.1 Å². The zero-order chi connectivity index (χ0) is 18.1. The topological polar surface area (TPSA) is 92.4 Å². The first-order valence-corrected chi connectivity index (χ1v) is 8.18. The lowest BCUT2D eigenvalue weighted by atomic mass is 9.96. The largest absolute Gasteiger partial charge is 0.497 e. The van der Waals surface area contributed by atoms with Crippen LogP contribution in [0.5, 0.6) is 5.75 Å². The van der Waals surface area contributed by atoms with Gasteiger partial charge in [-0.05, 0) is 25.1 Å². The predicted molar refractivity (Wildman–Crippen MR) is 90.8 cm³/mol. The quantitative estimate of drug-likeness (QED) is 0.861. The number of hydrogen-bond acceptors (Lipinski definition) is 6. The van der Waals surface area contributed by atoms with E-state index in [-0.39, 0.29) is 25.0 Å². The molecule has 0 aliphatic carbocycles. The summed E-state index contributed by atoms with van der Waals surface area (Å²) in [6.45, 7) is 2.43. The minimum atomic E-state index is -0.928. The van der Waals surface area contributed by atoms with Gasteiger partial charge in [0.1, 0.15) is 23.2 Å². The van der Waals surface area contributed by atoms with Gasteiger partial charge in [0.2, 0.25) is 0 Å². The van der Waals surface area contributed by atoms with Crippen molar-refractivity contribution in [2.24, 2.45) is 5.92 Å². The summed E-state index contributed by atoms with van der Waals surface area (Å²) in [5, 5.41) is 20.5. The molecule has 1 aliphatic heterocycles. The molecule has 136 valence electrons. The van der Waals surface area contributed by atoms with Crippen LogP contribution < -0.4 is 4.74 Å². The standard InChI is InChI=1S/C18H23NO6/c1-10-16(13-6-12(23-3)4-5-15(13)25-10)18(22)19(2)7-11-8-24-9-14(20)17(11)21/h4-6,11,14,17,20-21H,7-9H2,1-3H3/t11-,14-,17+/m1/s1. The molecule has 2 heterocycles. The number of aliphatic hydroxyl groups excluding tert-OH is 2. The molecule has 0 bridgehead atoms. The number of amides is 1. The smallest absolute Gasteiger partial charge is 0.257 e. The molecular weight excluding hydrogens is 326 g/mol. The molecule has 0 saturated carbocycles. The molecule has 1 aromatic heterocycles. The second-order valence-electron chi connectivity index (χ2n) is 6.44. The predicted octanol–water partition coefficient (Wildman–Crippen LogP) is 1.19. The Hall–Kier alpha value is -2.09. The Morgan fingerprint density at radius 2 is 2.12 bits per heavy atom. The van der Waals surface area contributed by atoms with Crippen LogP contribution in [0, 0.1) is 12.8 Å². The number of carbonyl (C=O) groups is 1. The fraction of sp³-hybridized carbons (Fsp3) is 0.500. The highest BCUT2D eigenvalue weighted by molar-refractivity contribution is 6.07. The normalized spacial score (nSPS) is 23.6. The van der Waals surface area contributed by atoms with E-state index in [4.69, 9.17) is 13.9 Å². The molecule has 25 heavy (non-hydrogen) atoms. The first-order valence-electron chi connectivity index (χ1n) is 8.18. The number of carbonyl (C=O) groups excluding carboxylic acids is 1. The van der Waals surface area contributed by atoms with Crippen LogP contribution in [-0.2, 0) is 4.74 Å². The number of aryl methyl sites for hydroxylation is 1. The maximum atomic E-state index is 12.9. The zero-order valence-corrected chi connectivity index (χ0v) is 14.6. The molecule has 2 N–H and O–H groups in total. The van der Waals surface area contributed by atoms with Crippen molar-refractivity contribution in [3.8, 4) is 5.75 Å². The van der Waals surface area contributed by atoms with Crippen molar-refractivity contribution >= 4 is 16.9 Å². The molecule has 1 fully saturated rings. The monoisotopic (exact) mass is 349 g/mol. The first-order chi connectivity index (χ1) is 11.9. The minimum absolute atomic E-state index is 0.112. The van der Waals surface area contributed by atoms with Gasteiger partial charge in [-0.15, -0.1) is 0 Å². The maximum absolute atomic E-state index is 12.9. The van der Waals surface area contributed by atoms with Gasteiger partial charge >= 0.3 is 0 Å². The number of furan rings is 1. The van der Waals surface area contributed by atoms with E-state index in [1.807, 2.05) is 0 Å². The molecule has 0 radical (unpaired) electrons. The fourth-order valence-electron chi connectivity index (χ4n) is 3.23. The van der Waals surface area contributed by atoms with Gasteiger partial charge in [0, 0.05) is 24.9 Å². The lowest BCUT2D eigenvalue weighted by molar-refractivity contribution is -0.123. The van der Waals surface area contributed by atoms with Gasteiger partial charge in [-0.1, -0.05) is 0 Å². The van der Waals surface area contributed by atoms with E-state index in [0.717, 1.165) is 0 Å². The van der Waals surface area contributed by atoms with E-state index in [2.05, 4.69) is 0 Å². The molecule has 3 rings (SSSR count). The number of benzene rings is 1. The third-order valence-corrected chi connectivity index (χ3v) is 4.64. The van der Waals surface area contributed by atoms with Crippen LogP contribution in [0.3, 0.4) is 0 Å². The van der Waals surface area contributed by atoms with Crippen molar-refractivity contribution in [1.82, 2.24) is 4.90 Å².